The highest BCUT2D eigenvalue weighted by Gasteiger charge is 2.13. The standard InChI is InChI=1S/C10H21NO.C2H6/c1-10(2,3)12-9-8-11-6-4-5-7-11;1-2/h4-9H2,1-3H3;1-2H3. The third-order valence-electron chi connectivity index (χ3n) is 2.14. The van der Waals surface area contributed by atoms with Gasteiger partial charge in [-0.05, 0) is 46.7 Å². The number of likely N-dealkylation sites (tertiary alicyclic amines) is 1. The van der Waals surface area contributed by atoms with Gasteiger partial charge in [0.15, 0.2) is 0 Å². The summed E-state index contributed by atoms with van der Waals surface area (Å²) in [6.07, 6.45) is 2.74. The highest BCUT2D eigenvalue weighted by atomic mass is 16.5. The number of hydrogen-bond donors (Lipinski definition) is 0. The molecule has 0 amide bonds. The summed E-state index contributed by atoms with van der Waals surface area (Å²) in [6, 6.07) is 0. The molecular formula is C12H27NO. The molecule has 0 atom stereocenters. The summed E-state index contributed by atoms with van der Waals surface area (Å²) < 4.78 is 5.65. The molecule has 0 aromatic heterocycles. The highest BCUT2D eigenvalue weighted by Crippen LogP contribution is 2.09. The topological polar surface area (TPSA) is 12.5 Å². The maximum Gasteiger partial charge on any atom is 0.0600 e. The van der Waals surface area contributed by atoms with Crippen molar-refractivity contribution < 1.29 is 4.74 Å². The van der Waals surface area contributed by atoms with E-state index in [1.165, 1.54) is 25.9 Å². The molecule has 1 aliphatic rings. The van der Waals surface area contributed by atoms with Crippen molar-refractivity contribution in [2.75, 3.05) is 26.2 Å². The van der Waals surface area contributed by atoms with Gasteiger partial charge in [0.25, 0.3) is 0 Å². The molecule has 1 fully saturated rings. The van der Waals surface area contributed by atoms with Gasteiger partial charge in [-0.1, -0.05) is 13.8 Å². The van der Waals surface area contributed by atoms with E-state index in [9.17, 15) is 0 Å². The second-order valence-corrected chi connectivity index (χ2v) is 4.51. The van der Waals surface area contributed by atoms with Crippen LogP contribution in [-0.4, -0.2) is 36.7 Å². The molecule has 1 rings (SSSR count). The minimum atomic E-state index is 0.0275. The fourth-order valence-corrected chi connectivity index (χ4v) is 1.49. The van der Waals surface area contributed by atoms with E-state index in [2.05, 4.69) is 25.7 Å². The highest BCUT2D eigenvalue weighted by molar-refractivity contribution is 4.66. The largest absolute Gasteiger partial charge is 0.375 e. The van der Waals surface area contributed by atoms with Crippen LogP contribution >= 0.6 is 0 Å². The van der Waals surface area contributed by atoms with Crippen molar-refractivity contribution in [3.63, 3.8) is 0 Å². The molecular weight excluding hydrogens is 174 g/mol. The Balaban J connectivity index is 0.000000791. The van der Waals surface area contributed by atoms with Crippen LogP contribution in [0.5, 0.6) is 0 Å². The molecule has 0 spiro atoms. The zero-order valence-corrected chi connectivity index (χ0v) is 10.6. The lowest BCUT2D eigenvalue weighted by molar-refractivity contribution is -0.0109. The van der Waals surface area contributed by atoms with Crippen LogP contribution < -0.4 is 0 Å². The minimum Gasteiger partial charge on any atom is -0.375 e. The number of rotatable bonds is 3. The molecule has 0 aromatic rings. The Bertz CT molecular complexity index is 123. The Labute approximate surface area is 89.6 Å². The molecule has 0 unspecified atom stereocenters. The SMILES string of the molecule is CC.CC(C)(C)OCCN1CCCC1. The molecule has 0 radical (unpaired) electrons. The van der Waals surface area contributed by atoms with E-state index in [0.29, 0.717) is 0 Å². The van der Waals surface area contributed by atoms with E-state index in [-0.39, 0.29) is 5.60 Å². The fourth-order valence-electron chi connectivity index (χ4n) is 1.49. The van der Waals surface area contributed by atoms with E-state index >= 15 is 0 Å². The Morgan fingerprint density at radius 3 is 2.00 bits per heavy atom. The van der Waals surface area contributed by atoms with Crippen molar-refractivity contribution in [1.82, 2.24) is 4.90 Å². The molecule has 14 heavy (non-hydrogen) atoms. The van der Waals surface area contributed by atoms with Crippen LogP contribution in [0.25, 0.3) is 0 Å². The van der Waals surface area contributed by atoms with E-state index in [0.717, 1.165) is 13.2 Å². The van der Waals surface area contributed by atoms with Gasteiger partial charge in [-0.3, -0.25) is 0 Å². The number of nitrogens with zero attached hydrogens (tertiary/aromatic N) is 1. The molecule has 1 aliphatic heterocycles. The van der Waals surface area contributed by atoms with Crippen LogP contribution in [0.1, 0.15) is 47.5 Å². The number of hydrogen-bond acceptors (Lipinski definition) is 2. The first-order valence-corrected chi connectivity index (χ1v) is 5.94. The third kappa shape index (κ3) is 7.34. The molecule has 0 aliphatic carbocycles. The monoisotopic (exact) mass is 201 g/mol. The Morgan fingerprint density at radius 1 is 1.07 bits per heavy atom. The van der Waals surface area contributed by atoms with Crippen molar-refractivity contribution >= 4 is 0 Å². The third-order valence-corrected chi connectivity index (χ3v) is 2.14. The van der Waals surface area contributed by atoms with E-state index in [1.54, 1.807) is 0 Å². The first kappa shape index (κ1) is 13.9. The van der Waals surface area contributed by atoms with Gasteiger partial charge in [0.1, 0.15) is 0 Å². The van der Waals surface area contributed by atoms with Crippen molar-refractivity contribution in [3.8, 4) is 0 Å². The van der Waals surface area contributed by atoms with Gasteiger partial charge < -0.3 is 9.64 Å². The van der Waals surface area contributed by atoms with Crippen LogP contribution in [0.3, 0.4) is 0 Å². The summed E-state index contributed by atoms with van der Waals surface area (Å²) >= 11 is 0. The van der Waals surface area contributed by atoms with E-state index in [4.69, 9.17) is 4.74 Å². The Morgan fingerprint density at radius 2 is 1.57 bits per heavy atom. The van der Waals surface area contributed by atoms with Crippen LogP contribution in [0.4, 0.5) is 0 Å². The smallest absolute Gasteiger partial charge is 0.0600 e. The van der Waals surface area contributed by atoms with Crippen LogP contribution in [0.2, 0.25) is 0 Å². The second kappa shape index (κ2) is 7.24. The average Bonchev–Trinajstić information content (AvgIpc) is 2.58. The first-order chi connectivity index (χ1) is 6.58. The molecule has 0 saturated carbocycles. The second-order valence-electron chi connectivity index (χ2n) is 4.51. The average molecular weight is 201 g/mol. The van der Waals surface area contributed by atoms with Gasteiger partial charge in [0, 0.05) is 6.54 Å². The zero-order chi connectivity index (χ0) is 11.0. The predicted molar refractivity (Wildman–Crippen MR) is 62.7 cm³/mol. The summed E-state index contributed by atoms with van der Waals surface area (Å²) in [5, 5.41) is 0. The number of ether oxygens (including phenoxy) is 1. The lowest BCUT2D eigenvalue weighted by Crippen LogP contribution is -2.28. The van der Waals surface area contributed by atoms with Crippen LogP contribution in [-0.2, 0) is 4.74 Å². The summed E-state index contributed by atoms with van der Waals surface area (Å²) in [6.45, 7) is 14.9. The molecule has 0 aromatic carbocycles. The molecule has 86 valence electrons. The lowest BCUT2D eigenvalue weighted by Gasteiger charge is -2.22. The van der Waals surface area contributed by atoms with E-state index in [1.807, 2.05) is 13.8 Å². The lowest BCUT2D eigenvalue weighted by atomic mass is 10.2. The normalized spacial score (nSPS) is 17.8. The van der Waals surface area contributed by atoms with Crippen LogP contribution in [0, 0.1) is 0 Å². The van der Waals surface area contributed by atoms with Crippen molar-refractivity contribution in [3.05, 3.63) is 0 Å². The fraction of sp³-hybridized carbons (Fsp3) is 1.00. The van der Waals surface area contributed by atoms with Gasteiger partial charge in [-0.25, -0.2) is 0 Å². The molecule has 0 N–H and O–H groups in total. The van der Waals surface area contributed by atoms with Gasteiger partial charge >= 0.3 is 0 Å². The van der Waals surface area contributed by atoms with Gasteiger partial charge in [0.2, 0.25) is 0 Å². The van der Waals surface area contributed by atoms with Crippen LogP contribution in [0.15, 0.2) is 0 Å². The molecule has 1 saturated heterocycles. The maximum absolute atomic E-state index is 5.65. The van der Waals surface area contributed by atoms with Crippen molar-refractivity contribution in [1.29, 1.82) is 0 Å². The minimum absolute atomic E-state index is 0.0275. The zero-order valence-electron chi connectivity index (χ0n) is 10.6. The summed E-state index contributed by atoms with van der Waals surface area (Å²) in [5.41, 5.74) is 0.0275. The van der Waals surface area contributed by atoms with Gasteiger partial charge in [0.05, 0.1) is 12.2 Å². The predicted octanol–water partition coefficient (Wildman–Crippen LogP) is 2.92. The van der Waals surface area contributed by atoms with Crippen molar-refractivity contribution in [2.24, 2.45) is 0 Å². The molecule has 1 heterocycles. The molecule has 2 nitrogen and oxygen atoms in total. The van der Waals surface area contributed by atoms with Crippen molar-refractivity contribution in [2.45, 2.75) is 53.1 Å². The van der Waals surface area contributed by atoms with Gasteiger partial charge in [-0.15, -0.1) is 0 Å². The Kier molecular flexibility index (Phi) is 7.20. The molecule has 0 bridgehead atoms. The maximum atomic E-state index is 5.65. The van der Waals surface area contributed by atoms with E-state index < -0.39 is 0 Å². The molecule has 2 heteroatoms. The van der Waals surface area contributed by atoms with Gasteiger partial charge in [-0.2, -0.15) is 0 Å². The summed E-state index contributed by atoms with van der Waals surface area (Å²) in [5.74, 6) is 0. The Hall–Kier alpha value is -0.0800. The summed E-state index contributed by atoms with van der Waals surface area (Å²) in [4.78, 5) is 2.48. The summed E-state index contributed by atoms with van der Waals surface area (Å²) in [7, 11) is 0. The first-order valence-electron chi connectivity index (χ1n) is 5.94. The quantitative estimate of drug-likeness (QED) is 0.696.